The largest absolute Gasteiger partial charge is 0.489 e. The minimum atomic E-state index is -0.683. The van der Waals surface area contributed by atoms with Crippen LogP contribution in [-0.4, -0.2) is 11.7 Å². The molecule has 2 nitrogen and oxygen atoms in total. The van der Waals surface area contributed by atoms with E-state index >= 15 is 0 Å². The molecular weight excluding hydrogens is 279 g/mol. The lowest BCUT2D eigenvalue weighted by molar-refractivity contribution is 0.140. The Kier molecular flexibility index (Phi) is 2.45. The van der Waals surface area contributed by atoms with Crippen LogP contribution in [-0.2, 0) is 0 Å². The molecule has 5 heteroatoms. The third-order valence-corrected chi connectivity index (χ3v) is 3.42. The van der Waals surface area contributed by atoms with Gasteiger partial charge in [-0.2, -0.15) is 0 Å². The Bertz CT molecular complexity index is 368. The Labute approximate surface area is 93.5 Å². The zero-order chi connectivity index (χ0) is 9.59. The van der Waals surface area contributed by atoms with Crippen molar-refractivity contribution in [2.24, 2.45) is 0 Å². The van der Waals surface area contributed by atoms with Crippen molar-refractivity contribution in [3.05, 3.63) is 26.1 Å². The van der Waals surface area contributed by atoms with E-state index in [1.54, 1.807) is 6.07 Å². The molecule has 1 atom stereocenters. The van der Waals surface area contributed by atoms with Crippen molar-refractivity contribution in [2.75, 3.05) is 6.61 Å². The second kappa shape index (κ2) is 3.31. The van der Waals surface area contributed by atoms with E-state index in [2.05, 4.69) is 15.9 Å². The van der Waals surface area contributed by atoms with E-state index in [1.165, 1.54) is 0 Å². The van der Waals surface area contributed by atoms with Crippen LogP contribution in [0.2, 0.25) is 10.0 Å². The molecule has 1 aromatic carbocycles. The summed E-state index contributed by atoms with van der Waals surface area (Å²) in [6.07, 6.45) is -0.683. The maximum absolute atomic E-state index is 9.52. The van der Waals surface area contributed by atoms with Gasteiger partial charge in [0.15, 0.2) is 0 Å². The zero-order valence-electron chi connectivity index (χ0n) is 6.35. The van der Waals surface area contributed by atoms with E-state index in [9.17, 15) is 5.11 Å². The molecule has 0 saturated carbocycles. The van der Waals surface area contributed by atoms with Gasteiger partial charge in [0.25, 0.3) is 0 Å². The van der Waals surface area contributed by atoms with Crippen molar-refractivity contribution >= 4 is 39.1 Å². The second-order valence-electron chi connectivity index (χ2n) is 2.72. The third-order valence-electron chi connectivity index (χ3n) is 1.88. The van der Waals surface area contributed by atoms with Crippen LogP contribution in [0.4, 0.5) is 0 Å². The lowest BCUT2D eigenvalue weighted by atomic mass is 10.1. The molecule has 1 aliphatic heterocycles. The fourth-order valence-electron chi connectivity index (χ4n) is 1.29. The van der Waals surface area contributed by atoms with Crippen molar-refractivity contribution in [3.8, 4) is 5.75 Å². The Morgan fingerprint density at radius 2 is 2.23 bits per heavy atom. The van der Waals surface area contributed by atoms with Gasteiger partial charge in [-0.1, -0.05) is 23.2 Å². The highest BCUT2D eigenvalue weighted by Gasteiger charge is 2.28. The first kappa shape index (κ1) is 9.59. The Morgan fingerprint density at radius 1 is 1.54 bits per heavy atom. The van der Waals surface area contributed by atoms with E-state index in [0.717, 1.165) is 0 Å². The quantitative estimate of drug-likeness (QED) is 0.741. The summed E-state index contributed by atoms with van der Waals surface area (Å²) >= 11 is 15.1. The molecule has 0 saturated heterocycles. The van der Waals surface area contributed by atoms with Gasteiger partial charge in [-0.25, -0.2) is 0 Å². The number of fused-ring (bicyclic) bond motifs is 1. The molecule has 13 heavy (non-hydrogen) atoms. The molecule has 1 aliphatic rings. The number of hydrogen-bond acceptors (Lipinski definition) is 2. The van der Waals surface area contributed by atoms with Crippen LogP contribution in [0.5, 0.6) is 5.75 Å². The molecule has 0 fully saturated rings. The summed E-state index contributed by atoms with van der Waals surface area (Å²) in [5.41, 5.74) is 0.570. The fraction of sp³-hybridized carbons (Fsp3) is 0.250. The van der Waals surface area contributed by atoms with E-state index in [-0.39, 0.29) is 6.61 Å². The highest BCUT2D eigenvalue weighted by molar-refractivity contribution is 9.10. The first-order valence-corrected chi connectivity index (χ1v) is 5.14. The third kappa shape index (κ3) is 1.44. The minimum Gasteiger partial charge on any atom is -0.489 e. The van der Waals surface area contributed by atoms with Gasteiger partial charge < -0.3 is 9.84 Å². The smallest absolute Gasteiger partial charge is 0.145 e. The predicted molar refractivity (Wildman–Crippen MR) is 54.6 cm³/mol. The maximum atomic E-state index is 9.52. The molecule has 0 amide bonds. The van der Waals surface area contributed by atoms with Gasteiger partial charge in [-0.05, 0) is 22.0 Å². The molecule has 70 valence electrons. The number of aliphatic hydroxyl groups is 1. The van der Waals surface area contributed by atoms with Crippen LogP contribution >= 0.6 is 39.1 Å². The van der Waals surface area contributed by atoms with Gasteiger partial charge in [0.05, 0.1) is 10.0 Å². The van der Waals surface area contributed by atoms with E-state index in [0.29, 0.717) is 25.8 Å². The molecule has 1 unspecified atom stereocenters. The van der Waals surface area contributed by atoms with E-state index in [4.69, 9.17) is 27.9 Å². The Morgan fingerprint density at radius 3 is 2.92 bits per heavy atom. The van der Waals surface area contributed by atoms with Gasteiger partial charge in [-0.15, -0.1) is 0 Å². The van der Waals surface area contributed by atoms with Crippen molar-refractivity contribution in [2.45, 2.75) is 6.10 Å². The molecule has 1 N–H and O–H groups in total. The molecule has 1 aromatic rings. The Balaban J connectivity index is 2.70. The summed E-state index contributed by atoms with van der Waals surface area (Å²) in [7, 11) is 0. The summed E-state index contributed by atoms with van der Waals surface area (Å²) in [6.45, 7) is 0.214. The standard InChI is InChI=1S/C8H5BrCl2O2/c9-3-1-4(10)8-6(7(3)11)5(12)2-13-8/h1,5,12H,2H2. The van der Waals surface area contributed by atoms with Crippen molar-refractivity contribution in [3.63, 3.8) is 0 Å². The lowest BCUT2D eigenvalue weighted by Crippen LogP contribution is -1.97. The predicted octanol–water partition coefficient (Wildman–Crippen LogP) is 3.18. The van der Waals surface area contributed by atoms with Crippen LogP contribution in [0.1, 0.15) is 11.7 Å². The summed E-state index contributed by atoms with van der Waals surface area (Å²) in [5, 5.41) is 10.4. The van der Waals surface area contributed by atoms with E-state index in [1.807, 2.05) is 0 Å². The molecular formula is C8H5BrCl2O2. The van der Waals surface area contributed by atoms with Gasteiger partial charge >= 0.3 is 0 Å². The number of ether oxygens (including phenoxy) is 1. The van der Waals surface area contributed by atoms with Crippen LogP contribution in [0.3, 0.4) is 0 Å². The number of rotatable bonds is 0. The number of halogens is 3. The lowest BCUT2D eigenvalue weighted by Gasteiger charge is -2.06. The number of hydrogen-bond donors (Lipinski definition) is 1. The van der Waals surface area contributed by atoms with Crippen LogP contribution in [0.15, 0.2) is 10.5 Å². The maximum Gasteiger partial charge on any atom is 0.145 e. The molecule has 0 aromatic heterocycles. The second-order valence-corrected chi connectivity index (χ2v) is 4.36. The van der Waals surface area contributed by atoms with E-state index < -0.39 is 6.10 Å². The summed E-state index contributed by atoms with van der Waals surface area (Å²) < 4.78 is 5.86. The highest BCUT2D eigenvalue weighted by atomic mass is 79.9. The zero-order valence-corrected chi connectivity index (χ0v) is 9.45. The average Bonchev–Trinajstić information content (AvgIpc) is 2.44. The summed E-state index contributed by atoms with van der Waals surface area (Å²) in [4.78, 5) is 0. The first-order chi connectivity index (χ1) is 6.11. The van der Waals surface area contributed by atoms with Crippen molar-refractivity contribution < 1.29 is 9.84 Å². The van der Waals surface area contributed by atoms with Crippen molar-refractivity contribution in [1.82, 2.24) is 0 Å². The fourth-order valence-corrected chi connectivity index (χ4v) is 2.39. The van der Waals surface area contributed by atoms with Crippen LogP contribution in [0, 0.1) is 0 Å². The van der Waals surface area contributed by atoms with Crippen molar-refractivity contribution in [1.29, 1.82) is 0 Å². The number of aliphatic hydroxyl groups excluding tert-OH is 1. The normalized spacial score (nSPS) is 19.8. The number of benzene rings is 1. The Hall–Kier alpha value is 0.0400. The minimum absolute atomic E-state index is 0.214. The molecule has 0 aliphatic carbocycles. The van der Waals surface area contributed by atoms with Gasteiger partial charge in [0.2, 0.25) is 0 Å². The molecule has 2 rings (SSSR count). The van der Waals surface area contributed by atoms with Crippen LogP contribution < -0.4 is 4.74 Å². The highest BCUT2D eigenvalue weighted by Crippen LogP contribution is 2.45. The molecule has 0 radical (unpaired) electrons. The van der Waals surface area contributed by atoms with Gasteiger partial charge in [0, 0.05) is 10.0 Å². The van der Waals surface area contributed by atoms with Gasteiger partial charge in [0.1, 0.15) is 18.5 Å². The van der Waals surface area contributed by atoms with Gasteiger partial charge in [-0.3, -0.25) is 0 Å². The topological polar surface area (TPSA) is 29.5 Å². The average molecular weight is 284 g/mol. The molecule has 0 spiro atoms. The first-order valence-electron chi connectivity index (χ1n) is 3.59. The molecule has 1 heterocycles. The SMILES string of the molecule is OC1COc2c(Cl)cc(Br)c(Cl)c21. The molecule has 0 bridgehead atoms. The summed E-state index contributed by atoms with van der Waals surface area (Å²) in [5.74, 6) is 0.488. The summed E-state index contributed by atoms with van der Waals surface area (Å²) in [6, 6.07) is 1.65. The van der Waals surface area contributed by atoms with Crippen LogP contribution in [0.25, 0.3) is 0 Å². The monoisotopic (exact) mass is 282 g/mol.